The molecule has 0 amide bonds. The molecule has 170 valence electrons. The van der Waals surface area contributed by atoms with Gasteiger partial charge in [-0.25, -0.2) is 9.37 Å². The van der Waals surface area contributed by atoms with Crippen molar-refractivity contribution in [3.05, 3.63) is 53.8 Å². The fourth-order valence-corrected chi connectivity index (χ4v) is 4.03. The van der Waals surface area contributed by atoms with Crippen molar-refractivity contribution in [2.75, 3.05) is 32.2 Å². The Bertz CT molecular complexity index is 1220. The number of benzene rings is 2. The Morgan fingerprint density at radius 1 is 1.06 bits per heavy atom. The molecule has 0 unspecified atom stereocenters. The van der Waals surface area contributed by atoms with Crippen LogP contribution in [0.4, 0.5) is 10.2 Å². The second kappa shape index (κ2) is 9.35. The number of rotatable bonds is 5. The highest BCUT2D eigenvalue weighted by atomic mass is 19.1. The van der Waals surface area contributed by atoms with Gasteiger partial charge in [0.25, 0.3) is 0 Å². The quantitative estimate of drug-likeness (QED) is 0.606. The molecule has 8 heteroatoms. The average Bonchev–Trinajstić information content (AvgIpc) is 2.84. The SMILES string of the molecule is COc1cc(-c2c(OC)cc(N3CCC(N)CC3)nc2-c2ccc(C#N)c(F)c2)ccc1O. The van der Waals surface area contributed by atoms with Crippen molar-refractivity contribution < 1.29 is 19.0 Å². The molecular weight excluding hydrogens is 423 g/mol. The molecule has 33 heavy (non-hydrogen) atoms. The van der Waals surface area contributed by atoms with E-state index in [-0.39, 0.29) is 17.4 Å². The molecule has 1 fully saturated rings. The van der Waals surface area contributed by atoms with Gasteiger partial charge >= 0.3 is 0 Å². The van der Waals surface area contributed by atoms with E-state index >= 15 is 0 Å². The molecule has 3 aromatic rings. The highest BCUT2D eigenvalue weighted by Crippen LogP contribution is 2.43. The summed E-state index contributed by atoms with van der Waals surface area (Å²) in [7, 11) is 3.03. The van der Waals surface area contributed by atoms with Gasteiger partial charge in [0.05, 0.1) is 31.0 Å². The summed E-state index contributed by atoms with van der Waals surface area (Å²) in [6.07, 6.45) is 1.70. The Balaban J connectivity index is 1.94. The van der Waals surface area contributed by atoms with Crippen LogP contribution in [0.15, 0.2) is 42.5 Å². The van der Waals surface area contributed by atoms with E-state index in [1.165, 1.54) is 25.3 Å². The number of aromatic nitrogens is 1. The van der Waals surface area contributed by atoms with Gasteiger partial charge in [-0.05, 0) is 42.7 Å². The number of piperidine rings is 1. The van der Waals surface area contributed by atoms with Crippen LogP contribution in [0.1, 0.15) is 18.4 Å². The minimum absolute atomic E-state index is 0.000388. The Hall–Kier alpha value is -3.83. The van der Waals surface area contributed by atoms with Crippen LogP contribution in [0.2, 0.25) is 0 Å². The van der Waals surface area contributed by atoms with Gasteiger partial charge in [0.2, 0.25) is 0 Å². The number of hydrogen-bond acceptors (Lipinski definition) is 7. The zero-order valence-electron chi connectivity index (χ0n) is 18.5. The first kappa shape index (κ1) is 22.4. The standard InChI is InChI=1S/C25H25FN4O3/c1-32-21-12-15(5-6-20(21)31)24-22(33-2)13-23(30-9-7-18(28)8-10-30)29-25(24)16-3-4-17(14-27)19(26)11-16/h3-6,11-13,18,31H,7-10,28H2,1-2H3. The first-order valence-electron chi connectivity index (χ1n) is 10.6. The molecule has 2 heterocycles. The molecule has 1 aliphatic rings. The first-order valence-corrected chi connectivity index (χ1v) is 10.6. The van der Waals surface area contributed by atoms with Crippen molar-refractivity contribution in [1.29, 1.82) is 5.26 Å². The summed E-state index contributed by atoms with van der Waals surface area (Å²) >= 11 is 0. The van der Waals surface area contributed by atoms with E-state index in [4.69, 9.17) is 25.5 Å². The summed E-state index contributed by atoms with van der Waals surface area (Å²) in [6, 6.07) is 13.2. The van der Waals surface area contributed by atoms with Crippen molar-refractivity contribution in [2.24, 2.45) is 5.73 Å². The number of nitrogens with zero attached hydrogens (tertiary/aromatic N) is 3. The summed E-state index contributed by atoms with van der Waals surface area (Å²) in [5.74, 6) is 0.913. The van der Waals surface area contributed by atoms with Gasteiger partial charge in [-0.1, -0.05) is 12.1 Å². The lowest BCUT2D eigenvalue weighted by atomic mass is 9.96. The Morgan fingerprint density at radius 3 is 2.39 bits per heavy atom. The topological polar surface area (TPSA) is 105 Å². The van der Waals surface area contributed by atoms with Crippen LogP contribution in [0.25, 0.3) is 22.4 Å². The molecule has 0 saturated carbocycles. The Labute approximate surface area is 191 Å². The number of aromatic hydroxyl groups is 1. The number of phenolic OH excluding ortho intramolecular Hbond substituents is 1. The fourth-order valence-electron chi connectivity index (χ4n) is 4.03. The van der Waals surface area contributed by atoms with E-state index in [9.17, 15) is 9.50 Å². The van der Waals surface area contributed by atoms with E-state index in [0.29, 0.717) is 39.7 Å². The predicted octanol–water partition coefficient (Wildman–Crippen LogP) is 4.08. The summed E-state index contributed by atoms with van der Waals surface area (Å²) in [5.41, 5.74) is 8.32. The van der Waals surface area contributed by atoms with Crippen LogP contribution >= 0.6 is 0 Å². The maximum absolute atomic E-state index is 14.6. The molecule has 4 rings (SSSR count). The van der Waals surface area contributed by atoms with Gasteiger partial charge in [-0.2, -0.15) is 5.26 Å². The summed E-state index contributed by atoms with van der Waals surface area (Å²) in [5, 5.41) is 19.2. The summed E-state index contributed by atoms with van der Waals surface area (Å²) in [4.78, 5) is 7.04. The lowest BCUT2D eigenvalue weighted by Crippen LogP contribution is -2.40. The fraction of sp³-hybridized carbons (Fsp3) is 0.280. The number of methoxy groups -OCH3 is 2. The largest absolute Gasteiger partial charge is 0.504 e. The number of hydrogen-bond donors (Lipinski definition) is 2. The van der Waals surface area contributed by atoms with Crippen molar-refractivity contribution in [3.8, 4) is 45.7 Å². The van der Waals surface area contributed by atoms with Crippen molar-refractivity contribution in [1.82, 2.24) is 4.98 Å². The number of phenols is 1. The maximum atomic E-state index is 14.6. The molecule has 0 bridgehead atoms. The third-order valence-corrected chi connectivity index (χ3v) is 5.88. The molecule has 0 spiro atoms. The predicted molar refractivity (Wildman–Crippen MR) is 124 cm³/mol. The lowest BCUT2D eigenvalue weighted by molar-refractivity contribution is 0.373. The highest BCUT2D eigenvalue weighted by molar-refractivity contribution is 5.87. The Kier molecular flexibility index (Phi) is 6.33. The van der Waals surface area contributed by atoms with Crippen LogP contribution in [-0.4, -0.2) is 43.4 Å². The van der Waals surface area contributed by atoms with Crippen LogP contribution in [-0.2, 0) is 0 Å². The van der Waals surface area contributed by atoms with E-state index in [0.717, 1.165) is 25.9 Å². The molecule has 0 aliphatic carbocycles. The van der Waals surface area contributed by atoms with Crippen LogP contribution in [0, 0.1) is 17.1 Å². The first-order chi connectivity index (χ1) is 15.9. The molecule has 0 radical (unpaired) electrons. The van der Waals surface area contributed by atoms with Crippen LogP contribution < -0.4 is 20.1 Å². The highest BCUT2D eigenvalue weighted by Gasteiger charge is 2.23. The van der Waals surface area contributed by atoms with Crippen molar-refractivity contribution >= 4 is 5.82 Å². The van der Waals surface area contributed by atoms with Crippen molar-refractivity contribution in [2.45, 2.75) is 18.9 Å². The third-order valence-electron chi connectivity index (χ3n) is 5.88. The smallest absolute Gasteiger partial charge is 0.161 e. The van der Waals surface area contributed by atoms with E-state index < -0.39 is 5.82 Å². The lowest BCUT2D eigenvalue weighted by Gasteiger charge is -2.32. The van der Waals surface area contributed by atoms with E-state index in [1.807, 2.05) is 12.1 Å². The van der Waals surface area contributed by atoms with Gasteiger partial charge in [0.15, 0.2) is 11.5 Å². The van der Waals surface area contributed by atoms with E-state index in [1.54, 1.807) is 25.3 Å². The molecule has 7 nitrogen and oxygen atoms in total. The molecular formula is C25H25FN4O3. The minimum Gasteiger partial charge on any atom is -0.504 e. The molecule has 1 saturated heterocycles. The van der Waals surface area contributed by atoms with Gasteiger partial charge in [-0.3, -0.25) is 0 Å². The number of nitrogens with two attached hydrogens (primary N) is 1. The number of pyridine rings is 1. The Morgan fingerprint density at radius 2 is 1.76 bits per heavy atom. The number of ether oxygens (including phenoxy) is 2. The third kappa shape index (κ3) is 4.41. The second-order valence-electron chi connectivity index (χ2n) is 7.92. The van der Waals surface area contributed by atoms with E-state index in [2.05, 4.69) is 4.90 Å². The maximum Gasteiger partial charge on any atom is 0.161 e. The zero-order valence-corrected chi connectivity index (χ0v) is 18.5. The van der Waals surface area contributed by atoms with Crippen molar-refractivity contribution in [3.63, 3.8) is 0 Å². The second-order valence-corrected chi connectivity index (χ2v) is 7.92. The van der Waals surface area contributed by atoms with Gasteiger partial charge in [0, 0.05) is 30.8 Å². The molecule has 0 atom stereocenters. The van der Waals surface area contributed by atoms with Gasteiger partial charge in [0.1, 0.15) is 23.5 Å². The van der Waals surface area contributed by atoms with Gasteiger partial charge < -0.3 is 25.2 Å². The minimum atomic E-state index is -0.626. The molecule has 3 N–H and O–H groups in total. The molecule has 1 aliphatic heterocycles. The number of anilines is 1. The molecule has 1 aromatic heterocycles. The number of nitriles is 1. The average molecular weight is 448 g/mol. The summed E-state index contributed by atoms with van der Waals surface area (Å²) < 4.78 is 25.6. The van der Waals surface area contributed by atoms with Gasteiger partial charge in [-0.15, -0.1) is 0 Å². The normalized spacial score (nSPS) is 14.1. The molecule has 2 aromatic carbocycles. The van der Waals surface area contributed by atoms with Crippen LogP contribution in [0.3, 0.4) is 0 Å². The zero-order chi connectivity index (χ0) is 23.5. The summed E-state index contributed by atoms with van der Waals surface area (Å²) in [6.45, 7) is 1.51. The van der Waals surface area contributed by atoms with Crippen LogP contribution in [0.5, 0.6) is 17.2 Å². The monoisotopic (exact) mass is 448 g/mol. The number of halogens is 1.